The predicted octanol–water partition coefficient (Wildman–Crippen LogP) is 24.9. The molecular weight excluding hydrogens is 1330 g/mol. The Hall–Kier alpha value is -1.94. The smallest absolute Gasteiger partial charge is 0.462 e. The van der Waals surface area contributed by atoms with Crippen LogP contribution in [0.1, 0.15) is 434 Å². The Bertz CT molecular complexity index is 1980. The molecule has 19 heteroatoms. The Morgan fingerprint density at radius 1 is 0.275 bits per heavy atom. The van der Waals surface area contributed by atoms with E-state index in [0.29, 0.717) is 25.7 Å². The fraction of sp³-hybridized carbons (Fsp3) is 0.952. The number of esters is 4. The fourth-order valence-electron chi connectivity index (χ4n) is 12.7. The number of unbranched alkanes of at least 4 members (excludes halogenated alkanes) is 46. The Morgan fingerprint density at radius 3 is 0.696 bits per heavy atom. The van der Waals surface area contributed by atoms with E-state index in [1.54, 1.807) is 0 Å². The fourth-order valence-corrected chi connectivity index (χ4v) is 14.3. The highest BCUT2D eigenvalue weighted by atomic mass is 31.2. The van der Waals surface area contributed by atoms with Gasteiger partial charge in [0, 0.05) is 25.7 Å². The van der Waals surface area contributed by atoms with Crippen molar-refractivity contribution in [2.75, 3.05) is 39.6 Å². The maximum Gasteiger partial charge on any atom is 0.472 e. The molecule has 8 atom stereocenters. The minimum atomic E-state index is -4.96. The number of phosphoric ester groups is 2. The third kappa shape index (κ3) is 72.3. The number of hydrogen-bond acceptors (Lipinski definition) is 15. The van der Waals surface area contributed by atoms with Crippen LogP contribution in [0.2, 0.25) is 0 Å². The lowest BCUT2D eigenvalue weighted by atomic mass is 9.99. The summed E-state index contributed by atoms with van der Waals surface area (Å²) in [5.41, 5.74) is 0. The second-order valence-electron chi connectivity index (χ2n) is 30.6. The second kappa shape index (κ2) is 73.2. The van der Waals surface area contributed by atoms with Crippen LogP contribution < -0.4 is 0 Å². The zero-order valence-corrected chi connectivity index (χ0v) is 68.9. The number of aliphatic hydroxyl groups excluding tert-OH is 1. The van der Waals surface area contributed by atoms with E-state index in [1.165, 1.54) is 238 Å². The molecular formula is C83H162O17P2. The van der Waals surface area contributed by atoms with Crippen LogP contribution in [0.25, 0.3) is 0 Å². The first-order valence-corrected chi connectivity index (χ1v) is 46.0. The lowest BCUT2D eigenvalue weighted by Gasteiger charge is -2.21. The highest BCUT2D eigenvalue weighted by Gasteiger charge is 2.30. The van der Waals surface area contributed by atoms with Gasteiger partial charge in [0.05, 0.1) is 26.4 Å². The van der Waals surface area contributed by atoms with Crippen LogP contribution in [0.4, 0.5) is 0 Å². The second-order valence-corrected chi connectivity index (χ2v) is 33.5. The van der Waals surface area contributed by atoms with Crippen molar-refractivity contribution in [3.05, 3.63) is 0 Å². The van der Waals surface area contributed by atoms with Crippen LogP contribution in [-0.4, -0.2) is 96.7 Å². The summed E-state index contributed by atoms with van der Waals surface area (Å²) in [4.78, 5) is 73.0. The van der Waals surface area contributed by atoms with Gasteiger partial charge in [-0.2, -0.15) is 0 Å². The van der Waals surface area contributed by atoms with Crippen molar-refractivity contribution in [3.8, 4) is 0 Å². The van der Waals surface area contributed by atoms with Crippen molar-refractivity contribution >= 4 is 39.5 Å². The van der Waals surface area contributed by atoms with Crippen molar-refractivity contribution in [2.24, 2.45) is 17.8 Å². The largest absolute Gasteiger partial charge is 0.472 e. The Kier molecular flexibility index (Phi) is 71.8. The Balaban J connectivity index is 5.21. The first kappa shape index (κ1) is 100. The number of carbonyl (C=O) groups excluding carboxylic acids is 4. The summed E-state index contributed by atoms with van der Waals surface area (Å²) in [6.45, 7) is 12.1. The van der Waals surface area contributed by atoms with E-state index in [1.807, 2.05) is 0 Å². The van der Waals surface area contributed by atoms with Gasteiger partial charge in [0.2, 0.25) is 0 Å². The zero-order valence-electron chi connectivity index (χ0n) is 67.1. The number of phosphoric acid groups is 2. The Labute approximate surface area is 626 Å². The highest BCUT2D eigenvalue weighted by molar-refractivity contribution is 7.47. The Morgan fingerprint density at radius 2 is 0.471 bits per heavy atom. The van der Waals surface area contributed by atoms with Gasteiger partial charge < -0.3 is 33.8 Å². The van der Waals surface area contributed by atoms with Gasteiger partial charge in [0.15, 0.2) is 12.2 Å². The van der Waals surface area contributed by atoms with Gasteiger partial charge >= 0.3 is 39.5 Å². The van der Waals surface area contributed by atoms with Crippen molar-refractivity contribution in [2.45, 2.75) is 452 Å². The molecule has 0 saturated heterocycles. The minimum Gasteiger partial charge on any atom is -0.462 e. The van der Waals surface area contributed by atoms with Crippen LogP contribution in [0.5, 0.6) is 0 Å². The van der Waals surface area contributed by atoms with Gasteiger partial charge in [0.1, 0.15) is 19.3 Å². The molecule has 17 nitrogen and oxygen atoms in total. The van der Waals surface area contributed by atoms with Gasteiger partial charge in [-0.05, 0) is 43.4 Å². The van der Waals surface area contributed by atoms with Gasteiger partial charge in [-0.1, -0.05) is 382 Å². The third-order valence-electron chi connectivity index (χ3n) is 20.5. The molecule has 3 N–H and O–H groups in total. The van der Waals surface area contributed by atoms with Crippen LogP contribution in [0, 0.1) is 17.8 Å². The molecule has 606 valence electrons. The molecule has 0 aliphatic heterocycles. The minimum absolute atomic E-state index is 0.107. The molecule has 0 aromatic carbocycles. The van der Waals surface area contributed by atoms with E-state index in [9.17, 15) is 43.2 Å². The molecule has 0 bridgehead atoms. The van der Waals surface area contributed by atoms with Crippen molar-refractivity contribution in [1.82, 2.24) is 0 Å². The van der Waals surface area contributed by atoms with E-state index in [0.717, 1.165) is 114 Å². The molecule has 0 radical (unpaired) electrons. The molecule has 0 aliphatic carbocycles. The molecule has 0 amide bonds. The quantitative estimate of drug-likeness (QED) is 0.0222. The average Bonchev–Trinajstić information content (AvgIpc) is 0.910. The summed E-state index contributed by atoms with van der Waals surface area (Å²) in [6.07, 6.45) is 62.3. The lowest BCUT2D eigenvalue weighted by molar-refractivity contribution is -0.161. The van der Waals surface area contributed by atoms with Crippen LogP contribution in [-0.2, 0) is 65.4 Å². The zero-order chi connectivity index (χ0) is 75.1. The van der Waals surface area contributed by atoms with Gasteiger partial charge in [0.25, 0.3) is 0 Å². The lowest BCUT2D eigenvalue weighted by Crippen LogP contribution is -2.30. The molecule has 0 spiro atoms. The first-order valence-electron chi connectivity index (χ1n) is 43.0. The maximum absolute atomic E-state index is 13.1. The van der Waals surface area contributed by atoms with Crippen molar-refractivity contribution in [1.29, 1.82) is 0 Å². The van der Waals surface area contributed by atoms with E-state index >= 15 is 0 Å². The summed E-state index contributed by atoms with van der Waals surface area (Å²) in [5.74, 6) is 0.432. The van der Waals surface area contributed by atoms with E-state index in [2.05, 4.69) is 48.5 Å². The maximum atomic E-state index is 13.1. The van der Waals surface area contributed by atoms with Gasteiger partial charge in [-0.15, -0.1) is 0 Å². The van der Waals surface area contributed by atoms with Crippen LogP contribution >= 0.6 is 15.6 Å². The van der Waals surface area contributed by atoms with Gasteiger partial charge in [-0.3, -0.25) is 37.3 Å². The van der Waals surface area contributed by atoms with E-state index in [-0.39, 0.29) is 25.7 Å². The number of carbonyl (C=O) groups is 4. The molecule has 0 aromatic heterocycles. The van der Waals surface area contributed by atoms with Gasteiger partial charge in [-0.25, -0.2) is 9.13 Å². The van der Waals surface area contributed by atoms with Crippen molar-refractivity contribution in [3.63, 3.8) is 0 Å². The molecule has 5 unspecified atom stereocenters. The summed E-state index contributed by atoms with van der Waals surface area (Å²) >= 11 is 0. The molecule has 0 rings (SSSR count). The standard InChI is InChI=1S/C83H162O17P2/c1-8-12-13-14-15-43-50-57-64-80(85)93-70-78(99-82(87)66-59-52-45-38-32-26-20-17-23-29-35-41-48-55-62-75(6)10-3)72-97-101(89,90)95-68-77(84)69-96-102(91,92)98-73-79(100-83(88)67-60-53-46-39-33-27-21-18-24-30-36-42-49-56-63-76(7)11-4)71-94-81(86)65-58-51-44-37-31-25-19-16-22-28-34-40-47-54-61-74(5)9-2/h74-79,84H,8-73H2,1-7H3,(H,89,90)(H,91,92)/t74?,75?,76?,77-,78+,79+/m0/s1. The average molecular weight is 1490 g/mol. The predicted molar refractivity (Wildman–Crippen MR) is 418 cm³/mol. The summed E-state index contributed by atoms with van der Waals surface area (Å²) < 4.78 is 68.7. The molecule has 0 aliphatic rings. The molecule has 0 heterocycles. The first-order chi connectivity index (χ1) is 49.3. The van der Waals surface area contributed by atoms with E-state index in [4.69, 9.17) is 37.0 Å². The summed E-state index contributed by atoms with van der Waals surface area (Å²) in [7, 11) is -9.92. The monoisotopic (exact) mass is 1490 g/mol. The number of aliphatic hydroxyl groups is 1. The SMILES string of the molecule is CCCCCCCCCCC(=O)OC[C@H](COP(=O)(O)OC[C@H](O)COP(=O)(O)OC[C@@H](COC(=O)CCCCCCCCCCCCCCCCC(C)CC)OC(=O)CCCCCCCCCCCCCCCCC(C)CC)OC(=O)CCCCCCCCCCCCCCCCC(C)CC. The molecule has 0 saturated carbocycles. The van der Waals surface area contributed by atoms with Crippen molar-refractivity contribution < 1.29 is 80.2 Å². The third-order valence-corrected chi connectivity index (χ3v) is 22.4. The molecule has 0 aromatic rings. The number of ether oxygens (including phenoxy) is 4. The van der Waals surface area contributed by atoms with Crippen LogP contribution in [0.15, 0.2) is 0 Å². The molecule has 0 fully saturated rings. The highest BCUT2D eigenvalue weighted by Crippen LogP contribution is 2.45. The topological polar surface area (TPSA) is 237 Å². The number of rotatable bonds is 81. The van der Waals surface area contributed by atoms with Crippen LogP contribution in [0.3, 0.4) is 0 Å². The normalized spacial score (nSPS) is 14.7. The summed E-state index contributed by atoms with van der Waals surface area (Å²) in [6, 6.07) is 0. The van der Waals surface area contributed by atoms with E-state index < -0.39 is 97.5 Å². The number of hydrogen-bond donors (Lipinski definition) is 3. The molecule has 102 heavy (non-hydrogen) atoms. The summed E-state index contributed by atoms with van der Waals surface area (Å²) in [5, 5.41) is 10.6.